The van der Waals surface area contributed by atoms with Gasteiger partial charge in [0.2, 0.25) is 0 Å². The third-order valence-electron chi connectivity index (χ3n) is 3.82. The zero-order chi connectivity index (χ0) is 17.5. The van der Waals surface area contributed by atoms with E-state index >= 15 is 0 Å². The quantitative estimate of drug-likeness (QED) is 0.574. The summed E-state index contributed by atoms with van der Waals surface area (Å²) in [6, 6.07) is 16.7. The Morgan fingerprint density at radius 3 is 2.25 bits per heavy atom. The van der Waals surface area contributed by atoms with E-state index in [4.69, 9.17) is 11.6 Å². The molecule has 1 heterocycles. The van der Waals surface area contributed by atoms with Gasteiger partial charge in [-0.2, -0.15) is 0 Å². The van der Waals surface area contributed by atoms with Crippen molar-refractivity contribution in [1.29, 1.82) is 0 Å². The topological polar surface area (TPSA) is 39.1 Å². The highest BCUT2D eigenvalue weighted by atomic mass is 79.9. The SMILES string of the molecule is Cc1ccc(-c2ccc(S(C)(=O)=O)cc2)n1-c1ccc(Br)c(Cl)c1. The van der Waals surface area contributed by atoms with Gasteiger partial charge in [-0.25, -0.2) is 8.42 Å². The smallest absolute Gasteiger partial charge is 0.175 e. The molecule has 124 valence electrons. The number of aromatic nitrogens is 1. The monoisotopic (exact) mass is 423 g/mol. The fraction of sp³-hybridized carbons (Fsp3) is 0.111. The molecule has 0 saturated heterocycles. The fourth-order valence-electron chi connectivity index (χ4n) is 2.60. The van der Waals surface area contributed by atoms with Gasteiger partial charge in [-0.05, 0) is 70.9 Å². The zero-order valence-electron chi connectivity index (χ0n) is 13.1. The summed E-state index contributed by atoms with van der Waals surface area (Å²) >= 11 is 9.63. The van der Waals surface area contributed by atoms with Crippen LogP contribution in [0.4, 0.5) is 0 Å². The minimum atomic E-state index is -3.20. The van der Waals surface area contributed by atoms with E-state index in [1.807, 2.05) is 49.4 Å². The average molecular weight is 425 g/mol. The highest BCUT2D eigenvalue weighted by Gasteiger charge is 2.12. The van der Waals surface area contributed by atoms with E-state index in [0.717, 1.165) is 27.1 Å². The molecule has 0 saturated carbocycles. The van der Waals surface area contributed by atoms with Gasteiger partial charge in [0, 0.05) is 22.1 Å². The molecule has 0 spiro atoms. The molecule has 0 bridgehead atoms. The van der Waals surface area contributed by atoms with Crippen molar-refractivity contribution in [1.82, 2.24) is 4.57 Å². The second-order valence-electron chi connectivity index (χ2n) is 5.59. The van der Waals surface area contributed by atoms with E-state index in [9.17, 15) is 8.42 Å². The molecule has 3 aromatic rings. The van der Waals surface area contributed by atoms with E-state index in [2.05, 4.69) is 20.5 Å². The maximum atomic E-state index is 11.6. The van der Waals surface area contributed by atoms with Crippen molar-refractivity contribution in [3.63, 3.8) is 0 Å². The molecule has 3 rings (SSSR count). The van der Waals surface area contributed by atoms with Gasteiger partial charge in [0.1, 0.15) is 0 Å². The van der Waals surface area contributed by atoms with Crippen molar-refractivity contribution in [3.8, 4) is 16.9 Å². The van der Waals surface area contributed by atoms with Gasteiger partial charge < -0.3 is 4.57 Å². The molecule has 2 aromatic carbocycles. The first kappa shape index (κ1) is 17.3. The molecule has 24 heavy (non-hydrogen) atoms. The third-order valence-corrected chi connectivity index (χ3v) is 6.18. The summed E-state index contributed by atoms with van der Waals surface area (Å²) in [5.74, 6) is 0. The summed E-state index contributed by atoms with van der Waals surface area (Å²) in [6.45, 7) is 2.02. The van der Waals surface area contributed by atoms with Crippen molar-refractivity contribution in [2.45, 2.75) is 11.8 Å². The molecule has 0 atom stereocenters. The highest BCUT2D eigenvalue weighted by Crippen LogP contribution is 2.31. The Bertz CT molecular complexity index is 1010. The standard InChI is InChI=1S/C18H15BrClNO2S/c1-12-3-10-18(13-4-7-15(8-5-13)24(2,22)23)21(12)14-6-9-16(19)17(20)11-14/h3-11H,1-2H3. The minimum Gasteiger partial charge on any atom is -0.314 e. The van der Waals surface area contributed by atoms with Crippen LogP contribution in [0.2, 0.25) is 5.02 Å². The van der Waals surface area contributed by atoms with E-state index in [1.54, 1.807) is 12.1 Å². The van der Waals surface area contributed by atoms with E-state index < -0.39 is 9.84 Å². The number of sulfone groups is 1. The molecular weight excluding hydrogens is 410 g/mol. The first-order valence-corrected chi connectivity index (χ1v) is 10.3. The normalized spacial score (nSPS) is 11.7. The van der Waals surface area contributed by atoms with Crippen molar-refractivity contribution in [2.75, 3.05) is 6.26 Å². The third kappa shape index (κ3) is 3.29. The number of hydrogen-bond donors (Lipinski definition) is 0. The van der Waals surface area contributed by atoms with Crippen LogP contribution in [0.1, 0.15) is 5.69 Å². The Labute approximate surface area is 154 Å². The van der Waals surface area contributed by atoms with Crippen LogP contribution >= 0.6 is 27.5 Å². The molecule has 0 radical (unpaired) electrons. The molecule has 0 fully saturated rings. The second-order valence-corrected chi connectivity index (χ2v) is 8.87. The summed E-state index contributed by atoms with van der Waals surface area (Å²) in [6.07, 6.45) is 1.21. The predicted molar refractivity (Wildman–Crippen MR) is 102 cm³/mol. The lowest BCUT2D eigenvalue weighted by atomic mass is 10.1. The average Bonchev–Trinajstić information content (AvgIpc) is 2.91. The molecule has 0 aliphatic heterocycles. The number of benzene rings is 2. The largest absolute Gasteiger partial charge is 0.314 e. The Morgan fingerprint density at radius 2 is 1.67 bits per heavy atom. The zero-order valence-corrected chi connectivity index (χ0v) is 16.3. The molecule has 0 aliphatic rings. The summed E-state index contributed by atoms with van der Waals surface area (Å²) in [7, 11) is -3.20. The van der Waals surface area contributed by atoms with Gasteiger partial charge in [0.15, 0.2) is 9.84 Å². The summed E-state index contributed by atoms with van der Waals surface area (Å²) in [5.41, 5.74) is 3.93. The van der Waals surface area contributed by atoms with Crippen LogP contribution in [0, 0.1) is 6.92 Å². The molecule has 3 nitrogen and oxygen atoms in total. The predicted octanol–water partition coefficient (Wildman–Crippen LogP) is 5.27. The van der Waals surface area contributed by atoms with Crippen LogP contribution in [-0.2, 0) is 9.84 Å². The van der Waals surface area contributed by atoms with Crippen LogP contribution in [0.5, 0.6) is 0 Å². The number of hydrogen-bond acceptors (Lipinski definition) is 2. The van der Waals surface area contributed by atoms with Crippen LogP contribution in [0.3, 0.4) is 0 Å². The molecule has 0 amide bonds. The summed E-state index contributed by atoms with van der Waals surface area (Å²) < 4.78 is 26.2. The molecule has 6 heteroatoms. The minimum absolute atomic E-state index is 0.313. The lowest BCUT2D eigenvalue weighted by Gasteiger charge is -2.13. The van der Waals surface area contributed by atoms with Gasteiger partial charge in [-0.15, -0.1) is 0 Å². The van der Waals surface area contributed by atoms with Crippen LogP contribution in [-0.4, -0.2) is 19.2 Å². The Balaban J connectivity index is 2.12. The first-order chi connectivity index (χ1) is 11.3. The lowest BCUT2D eigenvalue weighted by molar-refractivity contribution is 0.602. The van der Waals surface area contributed by atoms with Crippen LogP contribution in [0.25, 0.3) is 16.9 Å². The second kappa shape index (κ2) is 6.39. The van der Waals surface area contributed by atoms with Gasteiger partial charge >= 0.3 is 0 Å². The molecule has 0 N–H and O–H groups in total. The molecule has 0 aliphatic carbocycles. The van der Waals surface area contributed by atoms with E-state index in [0.29, 0.717) is 9.92 Å². The summed E-state index contributed by atoms with van der Waals surface area (Å²) in [4.78, 5) is 0.313. The van der Waals surface area contributed by atoms with Crippen molar-refractivity contribution in [2.24, 2.45) is 0 Å². The Hall–Kier alpha value is -1.56. The molecule has 1 aromatic heterocycles. The van der Waals surface area contributed by atoms with Gasteiger partial charge in [-0.1, -0.05) is 23.7 Å². The van der Waals surface area contributed by atoms with E-state index in [1.165, 1.54) is 6.26 Å². The number of aryl methyl sites for hydroxylation is 1. The maximum absolute atomic E-state index is 11.6. The maximum Gasteiger partial charge on any atom is 0.175 e. The van der Waals surface area contributed by atoms with Crippen molar-refractivity contribution in [3.05, 3.63) is 69.8 Å². The van der Waals surface area contributed by atoms with Crippen molar-refractivity contribution < 1.29 is 8.42 Å². The van der Waals surface area contributed by atoms with Gasteiger partial charge in [-0.3, -0.25) is 0 Å². The van der Waals surface area contributed by atoms with Crippen LogP contribution < -0.4 is 0 Å². The van der Waals surface area contributed by atoms with E-state index in [-0.39, 0.29) is 0 Å². The van der Waals surface area contributed by atoms with Gasteiger partial charge in [0.25, 0.3) is 0 Å². The van der Waals surface area contributed by atoms with Crippen LogP contribution in [0.15, 0.2) is 64.0 Å². The van der Waals surface area contributed by atoms with Crippen molar-refractivity contribution >= 4 is 37.4 Å². The Kier molecular flexibility index (Phi) is 4.60. The number of nitrogens with zero attached hydrogens (tertiary/aromatic N) is 1. The Morgan fingerprint density at radius 1 is 1.00 bits per heavy atom. The number of halogens is 2. The number of rotatable bonds is 3. The lowest BCUT2D eigenvalue weighted by Crippen LogP contribution is -2.00. The highest BCUT2D eigenvalue weighted by molar-refractivity contribution is 9.10. The summed E-state index contributed by atoms with van der Waals surface area (Å²) in [5, 5.41) is 0.638. The fourth-order valence-corrected chi connectivity index (χ4v) is 3.66. The molecular formula is C18H15BrClNO2S. The van der Waals surface area contributed by atoms with Gasteiger partial charge in [0.05, 0.1) is 15.6 Å². The molecule has 0 unspecified atom stereocenters. The first-order valence-electron chi connectivity index (χ1n) is 7.21.